The van der Waals surface area contributed by atoms with Gasteiger partial charge in [-0.05, 0) is 37.0 Å². The van der Waals surface area contributed by atoms with E-state index in [4.69, 9.17) is 4.74 Å². The van der Waals surface area contributed by atoms with Gasteiger partial charge in [-0.1, -0.05) is 39.2 Å². The molecule has 1 heterocycles. The Labute approximate surface area is 157 Å². The molecular formula is C19H30N2O4S. The molecule has 0 fully saturated rings. The summed E-state index contributed by atoms with van der Waals surface area (Å²) >= 11 is 0. The zero-order valence-electron chi connectivity index (χ0n) is 16.1. The van der Waals surface area contributed by atoms with Crippen molar-refractivity contribution >= 4 is 21.6 Å². The van der Waals surface area contributed by atoms with Crippen LogP contribution in [-0.2, 0) is 14.8 Å². The average Bonchev–Trinajstić information content (AvgIpc) is 2.59. The van der Waals surface area contributed by atoms with Crippen LogP contribution >= 0.6 is 0 Å². The molecule has 0 saturated heterocycles. The van der Waals surface area contributed by atoms with Crippen molar-refractivity contribution in [3.8, 4) is 5.75 Å². The Morgan fingerprint density at radius 3 is 2.73 bits per heavy atom. The molecule has 0 aliphatic carbocycles. The molecule has 0 aromatic heterocycles. The summed E-state index contributed by atoms with van der Waals surface area (Å²) in [6.07, 6.45) is 4.67. The number of carbonyl (C=O) groups excluding carboxylic acids is 1. The molecule has 146 valence electrons. The zero-order valence-corrected chi connectivity index (χ0v) is 16.9. The zero-order chi connectivity index (χ0) is 19.3. The second kappa shape index (κ2) is 8.75. The molecule has 0 spiro atoms. The molecule has 0 saturated carbocycles. The Balaban J connectivity index is 2.11. The van der Waals surface area contributed by atoms with Crippen LogP contribution in [0, 0.1) is 12.8 Å². The fraction of sp³-hybridized carbons (Fsp3) is 0.632. The minimum absolute atomic E-state index is 0.00707. The number of amides is 1. The topological polar surface area (TPSA) is 75.7 Å². The Morgan fingerprint density at radius 2 is 2.12 bits per heavy atom. The molecule has 1 aromatic carbocycles. The van der Waals surface area contributed by atoms with Crippen molar-refractivity contribution in [1.29, 1.82) is 0 Å². The number of benzene rings is 1. The molecule has 1 aliphatic rings. The van der Waals surface area contributed by atoms with Gasteiger partial charge in [0, 0.05) is 6.54 Å². The average molecular weight is 383 g/mol. The lowest BCUT2D eigenvalue weighted by Gasteiger charge is -2.34. The van der Waals surface area contributed by atoms with Crippen LogP contribution in [0.2, 0.25) is 0 Å². The number of unbranched alkanes of at least 4 members (excludes halogenated alkanes) is 1. The molecule has 6 nitrogen and oxygen atoms in total. The smallest absolute Gasteiger partial charge is 0.263 e. The molecule has 2 rings (SSSR count). The summed E-state index contributed by atoms with van der Waals surface area (Å²) in [6.45, 7) is 6.75. The molecule has 1 aromatic rings. The van der Waals surface area contributed by atoms with Crippen molar-refractivity contribution in [2.75, 3.05) is 23.7 Å². The number of nitrogens with one attached hydrogen (secondary N) is 1. The van der Waals surface area contributed by atoms with Gasteiger partial charge in [0.15, 0.2) is 6.10 Å². The van der Waals surface area contributed by atoms with Gasteiger partial charge in [-0.2, -0.15) is 0 Å². The third-order valence-electron chi connectivity index (χ3n) is 4.79. The van der Waals surface area contributed by atoms with Crippen molar-refractivity contribution in [1.82, 2.24) is 5.32 Å². The van der Waals surface area contributed by atoms with Crippen molar-refractivity contribution < 1.29 is 17.9 Å². The number of hydrogen-bond acceptors (Lipinski definition) is 4. The van der Waals surface area contributed by atoms with E-state index in [0.717, 1.165) is 37.5 Å². The summed E-state index contributed by atoms with van der Waals surface area (Å²) in [5.74, 6) is 0.591. The van der Waals surface area contributed by atoms with E-state index in [1.54, 1.807) is 12.1 Å². The van der Waals surface area contributed by atoms with E-state index in [9.17, 15) is 13.2 Å². The number of fused-ring (bicyclic) bond motifs is 1. The maximum absolute atomic E-state index is 12.6. The van der Waals surface area contributed by atoms with Gasteiger partial charge in [0.05, 0.1) is 18.5 Å². The lowest BCUT2D eigenvalue weighted by molar-refractivity contribution is -0.127. The number of sulfonamides is 1. The largest absolute Gasteiger partial charge is 0.476 e. The molecule has 1 aliphatic heterocycles. The number of anilines is 1. The molecule has 7 heteroatoms. The standard InChI is InChI=1S/C19H30N2O4S/c1-5-7-8-15(6-2)12-20-19(22)18-13-21(26(4,23)24)16-11-14(3)9-10-17(16)25-18/h9-11,15,18H,5-8,12-13H2,1-4H3,(H,20,22)/t15-,18+/m1/s1. The minimum atomic E-state index is -3.50. The Kier molecular flexibility index (Phi) is 6.92. The van der Waals surface area contributed by atoms with Crippen molar-refractivity contribution in [3.63, 3.8) is 0 Å². The molecule has 1 amide bonds. The molecule has 0 radical (unpaired) electrons. The Morgan fingerprint density at radius 1 is 1.38 bits per heavy atom. The van der Waals surface area contributed by atoms with Crippen molar-refractivity contribution in [2.45, 2.75) is 52.6 Å². The van der Waals surface area contributed by atoms with Gasteiger partial charge in [-0.25, -0.2) is 8.42 Å². The number of rotatable bonds is 8. The van der Waals surface area contributed by atoms with E-state index in [2.05, 4.69) is 19.2 Å². The molecule has 0 bridgehead atoms. The van der Waals surface area contributed by atoms with Crippen LogP contribution in [0.5, 0.6) is 5.75 Å². The first kappa shape index (κ1) is 20.6. The maximum Gasteiger partial charge on any atom is 0.263 e. The van der Waals surface area contributed by atoms with E-state index in [1.165, 1.54) is 4.31 Å². The number of aryl methyl sites for hydroxylation is 1. The summed E-state index contributed by atoms with van der Waals surface area (Å²) in [6, 6.07) is 5.33. The highest BCUT2D eigenvalue weighted by Gasteiger charge is 2.35. The lowest BCUT2D eigenvalue weighted by atomic mass is 9.99. The number of nitrogens with zero attached hydrogens (tertiary/aromatic N) is 1. The van der Waals surface area contributed by atoms with E-state index >= 15 is 0 Å². The number of carbonyl (C=O) groups is 1. The summed E-state index contributed by atoms with van der Waals surface area (Å²) in [5.41, 5.74) is 1.43. The third-order valence-corrected chi connectivity index (χ3v) is 5.93. The predicted molar refractivity (Wildman–Crippen MR) is 104 cm³/mol. The van der Waals surface area contributed by atoms with Crippen LogP contribution in [0.4, 0.5) is 5.69 Å². The second-order valence-electron chi connectivity index (χ2n) is 7.03. The van der Waals surface area contributed by atoms with E-state index in [1.807, 2.05) is 13.0 Å². The van der Waals surface area contributed by atoms with Gasteiger partial charge in [0.25, 0.3) is 5.91 Å². The molecular weight excluding hydrogens is 352 g/mol. The quantitative estimate of drug-likeness (QED) is 0.750. The fourth-order valence-electron chi connectivity index (χ4n) is 3.11. The monoisotopic (exact) mass is 382 g/mol. The first-order valence-corrected chi connectivity index (χ1v) is 11.1. The lowest BCUT2D eigenvalue weighted by Crippen LogP contribution is -2.51. The summed E-state index contributed by atoms with van der Waals surface area (Å²) < 4.78 is 31.5. The summed E-state index contributed by atoms with van der Waals surface area (Å²) in [5, 5.41) is 2.94. The normalized spacial score (nSPS) is 18.0. The molecule has 26 heavy (non-hydrogen) atoms. The molecule has 0 unspecified atom stereocenters. The molecule has 2 atom stereocenters. The Hall–Kier alpha value is -1.76. The SMILES string of the molecule is CCCC[C@@H](CC)CNC(=O)[C@@H]1CN(S(C)(=O)=O)c2cc(C)ccc2O1. The minimum Gasteiger partial charge on any atom is -0.476 e. The van der Waals surface area contributed by atoms with Crippen LogP contribution in [0.25, 0.3) is 0 Å². The van der Waals surface area contributed by atoms with Gasteiger partial charge >= 0.3 is 0 Å². The van der Waals surface area contributed by atoms with E-state index in [-0.39, 0.29) is 12.5 Å². The van der Waals surface area contributed by atoms with Crippen LogP contribution in [-0.4, -0.2) is 39.8 Å². The maximum atomic E-state index is 12.6. The number of hydrogen-bond donors (Lipinski definition) is 1. The van der Waals surface area contributed by atoms with Gasteiger partial charge < -0.3 is 10.1 Å². The Bertz CT molecular complexity index is 733. The van der Waals surface area contributed by atoms with E-state index < -0.39 is 16.1 Å². The van der Waals surface area contributed by atoms with Crippen LogP contribution < -0.4 is 14.4 Å². The highest BCUT2D eigenvalue weighted by atomic mass is 32.2. The highest BCUT2D eigenvalue weighted by Crippen LogP contribution is 2.35. The first-order chi connectivity index (χ1) is 12.3. The first-order valence-electron chi connectivity index (χ1n) is 9.29. The van der Waals surface area contributed by atoms with E-state index in [0.29, 0.717) is 23.9 Å². The summed E-state index contributed by atoms with van der Waals surface area (Å²) in [4.78, 5) is 12.6. The third kappa shape index (κ3) is 5.13. The predicted octanol–water partition coefficient (Wildman–Crippen LogP) is 2.85. The van der Waals surface area contributed by atoms with Crippen molar-refractivity contribution in [2.24, 2.45) is 5.92 Å². The highest BCUT2D eigenvalue weighted by molar-refractivity contribution is 7.92. The van der Waals surface area contributed by atoms with Crippen LogP contribution in [0.3, 0.4) is 0 Å². The number of ether oxygens (including phenoxy) is 1. The summed E-state index contributed by atoms with van der Waals surface area (Å²) in [7, 11) is -3.50. The van der Waals surface area contributed by atoms with Gasteiger partial charge in [0.1, 0.15) is 5.75 Å². The van der Waals surface area contributed by atoms with Gasteiger partial charge in [0.2, 0.25) is 10.0 Å². The fourth-order valence-corrected chi connectivity index (χ4v) is 4.02. The second-order valence-corrected chi connectivity index (χ2v) is 8.94. The van der Waals surface area contributed by atoms with Crippen LogP contribution in [0.15, 0.2) is 18.2 Å². The molecule has 1 N–H and O–H groups in total. The van der Waals surface area contributed by atoms with Crippen LogP contribution in [0.1, 0.15) is 45.1 Å². The van der Waals surface area contributed by atoms with Gasteiger partial charge in [-0.3, -0.25) is 9.10 Å². The van der Waals surface area contributed by atoms with Crippen molar-refractivity contribution in [3.05, 3.63) is 23.8 Å². The van der Waals surface area contributed by atoms with Gasteiger partial charge in [-0.15, -0.1) is 0 Å².